The highest BCUT2D eigenvalue weighted by Gasteiger charge is 2.14. The summed E-state index contributed by atoms with van der Waals surface area (Å²) in [6.07, 6.45) is 2.54. The number of fused-ring (bicyclic) bond motifs is 1. The fraction of sp³-hybridized carbons (Fsp3) is 0.231. The van der Waals surface area contributed by atoms with Gasteiger partial charge in [-0.1, -0.05) is 12.0 Å². The summed E-state index contributed by atoms with van der Waals surface area (Å²) in [6, 6.07) is 5.76. The molecule has 0 unspecified atom stereocenters. The van der Waals surface area contributed by atoms with Crippen molar-refractivity contribution in [3.8, 4) is 11.8 Å². The van der Waals surface area contributed by atoms with Gasteiger partial charge in [0.05, 0.1) is 0 Å². The van der Waals surface area contributed by atoms with Crippen LogP contribution < -0.4 is 0 Å². The lowest BCUT2D eigenvalue weighted by molar-refractivity contribution is -0.118. The van der Waals surface area contributed by atoms with E-state index < -0.39 is 0 Å². The topological polar surface area (TPSA) is 34.1 Å². The van der Waals surface area contributed by atoms with Crippen molar-refractivity contribution >= 4 is 12.1 Å². The van der Waals surface area contributed by atoms with Crippen molar-refractivity contribution < 1.29 is 9.59 Å². The Morgan fingerprint density at radius 3 is 2.87 bits per heavy atom. The molecule has 0 spiro atoms. The molecule has 1 aliphatic carbocycles. The summed E-state index contributed by atoms with van der Waals surface area (Å²) in [5.41, 5.74) is 3.13. The average Bonchev–Trinajstić information content (AvgIpc) is 2.26. The zero-order chi connectivity index (χ0) is 10.7. The van der Waals surface area contributed by atoms with E-state index in [1.165, 1.54) is 5.56 Å². The summed E-state index contributed by atoms with van der Waals surface area (Å²) in [5.74, 6) is 5.44. The average molecular weight is 198 g/mol. The molecule has 0 bridgehead atoms. The lowest BCUT2D eigenvalue weighted by atomic mass is 9.90. The Morgan fingerprint density at radius 1 is 1.20 bits per heavy atom. The third kappa shape index (κ3) is 2.13. The van der Waals surface area contributed by atoms with Crippen molar-refractivity contribution in [2.45, 2.75) is 19.3 Å². The van der Waals surface area contributed by atoms with E-state index in [-0.39, 0.29) is 0 Å². The van der Waals surface area contributed by atoms with E-state index in [9.17, 15) is 9.59 Å². The van der Waals surface area contributed by atoms with E-state index in [2.05, 4.69) is 11.8 Å². The zero-order valence-electron chi connectivity index (χ0n) is 8.25. The van der Waals surface area contributed by atoms with Gasteiger partial charge in [0.2, 0.25) is 0 Å². The Labute approximate surface area is 88.3 Å². The van der Waals surface area contributed by atoms with Gasteiger partial charge in [0.15, 0.2) is 6.29 Å². The molecule has 1 aromatic carbocycles. The predicted molar refractivity (Wildman–Crippen MR) is 56.4 cm³/mol. The quantitative estimate of drug-likeness (QED) is 0.465. The van der Waals surface area contributed by atoms with Crippen LogP contribution in [0.3, 0.4) is 0 Å². The lowest BCUT2D eigenvalue weighted by Crippen LogP contribution is -2.13. The molecule has 0 amide bonds. The maximum Gasteiger partial charge on any atom is 0.193 e. The molecular weight excluding hydrogens is 188 g/mol. The number of benzene rings is 1. The minimum atomic E-state index is 0.300. The van der Waals surface area contributed by atoms with E-state index in [1.54, 1.807) is 0 Å². The van der Waals surface area contributed by atoms with Gasteiger partial charge in [-0.2, -0.15) is 0 Å². The SMILES string of the molecule is O=CC#Cc1ccc2c(c1)CCC(=O)C2. The molecule has 0 aliphatic heterocycles. The third-order valence-corrected chi connectivity index (χ3v) is 2.54. The lowest BCUT2D eigenvalue weighted by Gasteiger charge is -2.14. The monoisotopic (exact) mass is 198 g/mol. The molecule has 0 saturated carbocycles. The number of aldehydes is 1. The second-order valence-corrected chi connectivity index (χ2v) is 3.59. The van der Waals surface area contributed by atoms with Gasteiger partial charge in [0.1, 0.15) is 5.78 Å². The first kappa shape index (κ1) is 9.67. The minimum Gasteiger partial charge on any atom is -0.299 e. The largest absolute Gasteiger partial charge is 0.299 e. The molecule has 2 nitrogen and oxygen atoms in total. The summed E-state index contributed by atoms with van der Waals surface area (Å²) >= 11 is 0. The van der Waals surface area contributed by atoms with Crippen LogP contribution in [0.25, 0.3) is 0 Å². The van der Waals surface area contributed by atoms with Gasteiger partial charge in [0.25, 0.3) is 0 Å². The summed E-state index contributed by atoms with van der Waals surface area (Å²) in [4.78, 5) is 21.3. The molecule has 2 heteroatoms. The van der Waals surface area contributed by atoms with Gasteiger partial charge >= 0.3 is 0 Å². The van der Waals surface area contributed by atoms with Crippen LogP contribution in [0.4, 0.5) is 0 Å². The van der Waals surface area contributed by atoms with Crippen LogP contribution >= 0.6 is 0 Å². The van der Waals surface area contributed by atoms with Crippen LogP contribution in [-0.2, 0) is 22.4 Å². The van der Waals surface area contributed by atoms with Gasteiger partial charge in [-0.25, -0.2) is 0 Å². The van der Waals surface area contributed by atoms with E-state index >= 15 is 0 Å². The molecule has 15 heavy (non-hydrogen) atoms. The van der Waals surface area contributed by atoms with Crippen molar-refractivity contribution in [3.63, 3.8) is 0 Å². The summed E-state index contributed by atoms with van der Waals surface area (Å²) in [7, 11) is 0. The number of Topliss-reactive ketones (excluding diaryl/α,β-unsaturated/α-hetero) is 1. The summed E-state index contributed by atoms with van der Waals surface area (Å²) < 4.78 is 0. The van der Waals surface area contributed by atoms with Crippen LogP contribution in [0.1, 0.15) is 23.1 Å². The van der Waals surface area contributed by atoms with Crippen LogP contribution in [0, 0.1) is 11.8 Å². The second-order valence-electron chi connectivity index (χ2n) is 3.59. The van der Waals surface area contributed by atoms with Crippen molar-refractivity contribution in [1.29, 1.82) is 0 Å². The Hall–Kier alpha value is -1.88. The first-order valence-electron chi connectivity index (χ1n) is 4.88. The first-order chi connectivity index (χ1) is 7.29. The standard InChI is InChI=1S/C13H10O2/c14-7-1-2-10-3-4-12-9-13(15)6-5-11(12)8-10/h3-4,7-8H,5-6,9H2. The summed E-state index contributed by atoms with van der Waals surface area (Å²) in [6.45, 7) is 0. The van der Waals surface area contributed by atoms with Gasteiger partial charge < -0.3 is 0 Å². The molecule has 74 valence electrons. The Kier molecular flexibility index (Phi) is 2.64. The fourth-order valence-corrected chi connectivity index (χ4v) is 1.80. The second kappa shape index (κ2) is 4.10. The fourth-order valence-electron chi connectivity index (χ4n) is 1.80. The first-order valence-corrected chi connectivity index (χ1v) is 4.88. The molecule has 1 aromatic rings. The maximum atomic E-state index is 11.2. The highest BCUT2D eigenvalue weighted by molar-refractivity contribution is 5.83. The number of aryl methyl sites for hydroxylation is 1. The van der Waals surface area contributed by atoms with Crippen LogP contribution in [-0.4, -0.2) is 12.1 Å². The normalized spacial score (nSPS) is 13.7. The van der Waals surface area contributed by atoms with Crippen LogP contribution in [0.15, 0.2) is 18.2 Å². The molecule has 0 atom stereocenters. The minimum absolute atomic E-state index is 0.300. The molecule has 1 aliphatic rings. The van der Waals surface area contributed by atoms with Crippen LogP contribution in [0.5, 0.6) is 0 Å². The molecule has 0 saturated heterocycles. The van der Waals surface area contributed by atoms with Gasteiger partial charge in [0, 0.05) is 18.4 Å². The molecule has 0 radical (unpaired) electrons. The Balaban J connectivity index is 2.34. The number of hydrogen-bond donors (Lipinski definition) is 0. The zero-order valence-corrected chi connectivity index (χ0v) is 8.25. The molecule has 0 aromatic heterocycles. The number of rotatable bonds is 0. The van der Waals surface area contributed by atoms with Crippen LogP contribution in [0.2, 0.25) is 0 Å². The van der Waals surface area contributed by atoms with Crippen molar-refractivity contribution in [2.75, 3.05) is 0 Å². The van der Waals surface area contributed by atoms with Gasteiger partial charge in [-0.05, 0) is 35.6 Å². The number of carbonyl (C=O) groups excluding carboxylic acids is 2. The summed E-state index contributed by atoms with van der Waals surface area (Å²) in [5, 5.41) is 0. The molecular formula is C13H10O2. The number of carbonyl (C=O) groups is 2. The molecule has 2 rings (SSSR count). The Bertz CT molecular complexity index is 475. The van der Waals surface area contributed by atoms with Gasteiger partial charge in [-0.15, -0.1) is 0 Å². The highest BCUT2D eigenvalue weighted by atomic mass is 16.1. The predicted octanol–water partition coefficient (Wildman–Crippen LogP) is 1.29. The highest BCUT2D eigenvalue weighted by Crippen LogP contribution is 2.20. The third-order valence-electron chi connectivity index (χ3n) is 2.54. The molecule has 0 N–H and O–H groups in total. The van der Waals surface area contributed by atoms with E-state index in [0.29, 0.717) is 24.9 Å². The van der Waals surface area contributed by atoms with Crippen molar-refractivity contribution in [3.05, 3.63) is 34.9 Å². The Morgan fingerprint density at radius 2 is 2.07 bits per heavy atom. The van der Waals surface area contributed by atoms with E-state index in [0.717, 1.165) is 17.5 Å². The molecule has 0 heterocycles. The molecule has 0 fully saturated rings. The van der Waals surface area contributed by atoms with Gasteiger partial charge in [-0.3, -0.25) is 9.59 Å². The van der Waals surface area contributed by atoms with Crippen molar-refractivity contribution in [1.82, 2.24) is 0 Å². The smallest absolute Gasteiger partial charge is 0.193 e. The number of ketones is 1. The maximum absolute atomic E-state index is 11.2. The number of hydrogen-bond acceptors (Lipinski definition) is 2. The van der Waals surface area contributed by atoms with E-state index in [4.69, 9.17) is 0 Å². The van der Waals surface area contributed by atoms with Crippen molar-refractivity contribution in [2.24, 2.45) is 0 Å². The van der Waals surface area contributed by atoms with E-state index in [1.807, 2.05) is 18.2 Å².